The Balaban J connectivity index is 2.16. The molecule has 4 nitrogen and oxygen atoms in total. The Morgan fingerprint density at radius 3 is 2.32 bits per heavy atom. The summed E-state index contributed by atoms with van der Waals surface area (Å²) in [6, 6.07) is 12.4. The Morgan fingerprint density at radius 1 is 1.04 bits per heavy atom. The Hall–Kier alpha value is -2.14. The fraction of sp³-hybridized carbons (Fsp3) is 0.300. The molecule has 2 rings (SSSR count). The second kappa shape index (κ2) is 8.30. The minimum Gasteiger partial charge on any atom is -0.340 e. The smallest absolute Gasteiger partial charge is 0.253 e. The molecule has 25 heavy (non-hydrogen) atoms. The standard InChI is InChI=1S/C20H23BrN2O2/c1-12(2)18(23-19(24)15-7-5-6-8-16(15)21)20(25)22-17-10-9-13(3)11-14(17)4/h5-12,18H,1-4H3,(H,22,25)(H,23,24)/t18-/m0/s1. The largest absolute Gasteiger partial charge is 0.340 e. The van der Waals surface area contributed by atoms with E-state index in [-0.39, 0.29) is 17.7 Å². The minimum absolute atomic E-state index is 0.0443. The summed E-state index contributed by atoms with van der Waals surface area (Å²) >= 11 is 3.37. The van der Waals surface area contributed by atoms with Gasteiger partial charge in [-0.1, -0.05) is 43.7 Å². The van der Waals surface area contributed by atoms with E-state index < -0.39 is 6.04 Å². The van der Waals surface area contributed by atoms with Crippen molar-refractivity contribution in [2.45, 2.75) is 33.7 Å². The van der Waals surface area contributed by atoms with Crippen molar-refractivity contribution in [3.63, 3.8) is 0 Å². The van der Waals surface area contributed by atoms with Crippen LogP contribution >= 0.6 is 15.9 Å². The van der Waals surface area contributed by atoms with E-state index >= 15 is 0 Å². The molecule has 132 valence electrons. The summed E-state index contributed by atoms with van der Waals surface area (Å²) in [6.45, 7) is 7.78. The van der Waals surface area contributed by atoms with Gasteiger partial charge in [0.15, 0.2) is 0 Å². The van der Waals surface area contributed by atoms with Gasteiger partial charge in [-0.05, 0) is 59.5 Å². The number of rotatable bonds is 5. The first-order chi connectivity index (χ1) is 11.8. The first kappa shape index (κ1) is 19.2. The highest BCUT2D eigenvalue weighted by Crippen LogP contribution is 2.19. The molecular weight excluding hydrogens is 380 g/mol. The van der Waals surface area contributed by atoms with E-state index in [2.05, 4.69) is 26.6 Å². The number of amides is 2. The van der Waals surface area contributed by atoms with Gasteiger partial charge in [0, 0.05) is 10.2 Å². The Bertz CT molecular complexity index is 787. The molecule has 2 aromatic carbocycles. The second-order valence-corrected chi connectivity index (χ2v) is 7.34. The van der Waals surface area contributed by atoms with Crippen LogP contribution in [0.5, 0.6) is 0 Å². The molecule has 0 aliphatic rings. The molecule has 0 unspecified atom stereocenters. The maximum atomic E-state index is 12.7. The van der Waals surface area contributed by atoms with E-state index in [0.29, 0.717) is 10.0 Å². The fourth-order valence-corrected chi connectivity index (χ4v) is 3.03. The van der Waals surface area contributed by atoms with E-state index in [1.165, 1.54) is 0 Å². The molecule has 1 atom stereocenters. The molecule has 2 aromatic rings. The molecule has 0 saturated heterocycles. The van der Waals surface area contributed by atoms with Crippen LogP contribution in [0.4, 0.5) is 5.69 Å². The maximum absolute atomic E-state index is 12.7. The van der Waals surface area contributed by atoms with Gasteiger partial charge in [0.25, 0.3) is 5.91 Å². The van der Waals surface area contributed by atoms with Crippen molar-refractivity contribution in [2.75, 3.05) is 5.32 Å². The van der Waals surface area contributed by atoms with E-state index in [9.17, 15) is 9.59 Å². The zero-order valence-corrected chi connectivity index (χ0v) is 16.5. The number of halogens is 1. The van der Waals surface area contributed by atoms with E-state index in [0.717, 1.165) is 16.8 Å². The van der Waals surface area contributed by atoms with Crippen LogP contribution in [0, 0.1) is 19.8 Å². The summed E-state index contributed by atoms with van der Waals surface area (Å²) in [5.74, 6) is -0.540. The van der Waals surface area contributed by atoms with Crippen LogP contribution in [0.1, 0.15) is 35.3 Å². The molecule has 0 bridgehead atoms. The second-order valence-electron chi connectivity index (χ2n) is 6.48. The van der Waals surface area contributed by atoms with Crippen LogP contribution in [0.25, 0.3) is 0 Å². The van der Waals surface area contributed by atoms with Gasteiger partial charge in [-0.25, -0.2) is 0 Å². The van der Waals surface area contributed by atoms with Gasteiger partial charge in [0.05, 0.1) is 5.56 Å². The SMILES string of the molecule is Cc1ccc(NC(=O)[C@@H](NC(=O)c2ccccc2Br)C(C)C)c(C)c1. The van der Waals surface area contributed by atoms with E-state index in [1.807, 2.05) is 52.0 Å². The molecule has 2 amide bonds. The molecule has 0 aromatic heterocycles. The van der Waals surface area contributed by atoms with Gasteiger partial charge in [-0.2, -0.15) is 0 Å². The summed E-state index contributed by atoms with van der Waals surface area (Å²) in [6.07, 6.45) is 0. The van der Waals surface area contributed by atoms with Crippen molar-refractivity contribution in [1.29, 1.82) is 0 Å². The highest BCUT2D eigenvalue weighted by Gasteiger charge is 2.25. The van der Waals surface area contributed by atoms with Crippen molar-refractivity contribution < 1.29 is 9.59 Å². The first-order valence-corrected chi connectivity index (χ1v) is 9.02. The third kappa shape index (κ3) is 4.92. The lowest BCUT2D eigenvalue weighted by Crippen LogP contribution is -2.47. The number of anilines is 1. The highest BCUT2D eigenvalue weighted by molar-refractivity contribution is 9.10. The normalized spacial score (nSPS) is 11.9. The third-order valence-corrected chi connectivity index (χ3v) is 4.69. The molecule has 5 heteroatoms. The number of carbonyl (C=O) groups excluding carboxylic acids is 2. The Morgan fingerprint density at radius 2 is 1.72 bits per heavy atom. The van der Waals surface area contributed by atoms with Crippen LogP contribution in [-0.2, 0) is 4.79 Å². The monoisotopic (exact) mass is 402 g/mol. The third-order valence-electron chi connectivity index (χ3n) is 3.99. The first-order valence-electron chi connectivity index (χ1n) is 8.23. The number of carbonyl (C=O) groups is 2. The lowest BCUT2D eigenvalue weighted by molar-refractivity contribution is -0.118. The average molecular weight is 403 g/mol. The van der Waals surface area contributed by atoms with Crippen molar-refractivity contribution in [3.05, 3.63) is 63.6 Å². The number of hydrogen-bond acceptors (Lipinski definition) is 2. The summed E-state index contributed by atoms with van der Waals surface area (Å²) in [4.78, 5) is 25.2. The molecule has 0 aliphatic heterocycles. The number of aryl methyl sites for hydroxylation is 2. The topological polar surface area (TPSA) is 58.2 Å². The Labute approximate surface area is 157 Å². The molecule has 0 fully saturated rings. The van der Waals surface area contributed by atoms with E-state index in [4.69, 9.17) is 0 Å². The maximum Gasteiger partial charge on any atom is 0.253 e. The number of hydrogen-bond donors (Lipinski definition) is 2. The number of nitrogens with one attached hydrogen (secondary N) is 2. The molecule has 0 aliphatic carbocycles. The van der Waals surface area contributed by atoms with Gasteiger partial charge in [-0.3, -0.25) is 9.59 Å². The van der Waals surface area contributed by atoms with Gasteiger partial charge in [0.1, 0.15) is 6.04 Å². The molecule has 0 saturated carbocycles. The molecule has 0 spiro atoms. The summed E-state index contributed by atoms with van der Waals surface area (Å²) in [5.41, 5.74) is 3.40. The zero-order chi connectivity index (χ0) is 18.6. The van der Waals surface area contributed by atoms with Crippen LogP contribution in [-0.4, -0.2) is 17.9 Å². The molecular formula is C20H23BrN2O2. The highest BCUT2D eigenvalue weighted by atomic mass is 79.9. The minimum atomic E-state index is -0.625. The zero-order valence-electron chi connectivity index (χ0n) is 14.9. The summed E-state index contributed by atoms with van der Waals surface area (Å²) in [7, 11) is 0. The van der Waals surface area contributed by atoms with Crippen molar-refractivity contribution in [1.82, 2.24) is 5.32 Å². The van der Waals surface area contributed by atoms with Gasteiger partial charge in [-0.15, -0.1) is 0 Å². The molecule has 0 radical (unpaired) electrons. The van der Waals surface area contributed by atoms with Crippen LogP contribution in [0.2, 0.25) is 0 Å². The molecule has 2 N–H and O–H groups in total. The van der Waals surface area contributed by atoms with Gasteiger partial charge >= 0.3 is 0 Å². The fourth-order valence-electron chi connectivity index (χ4n) is 2.56. The summed E-state index contributed by atoms with van der Waals surface area (Å²) < 4.78 is 0.699. The van der Waals surface area contributed by atoms with Crippen molar-refractivity contribution in [3.8, 4) is 0 Å². The summed E-state index contributed by atoms with van der Waals surface area (Å²) in [5, 5.41) is 5.77. The predicted molar refractivity (Wildman–Crippen MR) is 105 cm³/mol. The lowest BCUT2D eigenvalue weighted by atomic mass is 10.0. The lowest BCUT2D eigenvalue weighted by Gasteiger charge is -2.22. The average Bonchev–Trinajstić information content (AvgIpc) is 2.55. The predicted octanol–water partition coefficient (Wildman–Crippen LogP) is 4.46. The van der Waals surface area contributed by atoms with Crippen LogP contribution in [0.3, 0.4) is 0 Å². The molecule has 0 heterocycles. The van der Waals surface area contributed by atoms with Crippen molar-refractivity contribution >= 4 is 33.4 Å². The van der Waals surface area contributed by atoms with Gasteiger partial charge < -0.3 is 10.6 Å². The quantitative estimate of drug-likeness (QED) is 0.775. The Kier molecular flexibility index (Phi) is 6.37. The van der Waals surface area contributed by atoms with Crippen LogP contribution in [0.15, 0.2) is 46.9 Å². The van der Waals surface area contributed by atoms with Crippen molar-refractivity contribution in [2.24, 2.45) is 5.92 Å². The number of benzene rings is 2. The van der Waals surface area contributed by atoms with Crippen LogP contribution < -0.4 is 10.6 Å². The van der Waals surface area contributed by atoms with E-state index in [1.54, 1.807) is 18.2 Å². The van der Waals surface area contributed by atoms with Gasteiger partial charge in [0.2, 0.25) is 5.91 Å².